The van der Waals surface area contributed by atoms with E-state index in [0.717, 1.165) is 17.7 Å². The molecule has 0 aliphatic rings. The molecule has 86 valence electrons. The van der Waals surface area contributed by atoms with Crippen LogP contribution in [0.1, 0.15) is 18.1 Å². The molecule has 0 fully saturated rings. The van der Waals surface area contributed by atoms with Crippen LogP contribution in [0.5, 0.6) is 5.75 Å². The van der Waals surface area contributed by atoms with E-state index in [1.807, 2.05) is 18.2 Å². The standard InChI is InChI=1S/C15H15NO/c1-2-12-6-8-14(9-7-12)16-11-13-4-3-5-15(17)10-13/h3-11,17H,2H2,1H3. The molecule has 0 saturated carbocycles. The van der Waals surface area contributed by atoms with Gasteiger partial charge in [0, 0.05) is 6.21 Å². The van der Waals surface area contributed by atoms with Crippen molar-refractivity contribution < 1.29 is 5.11 Å². The largest absolute Gasteiger partial charge is 0.508 e. The number of hydrogen-bond acceptors (Lipinski definition) is 2. The lowest BCUT2D eigenvalue weighted by Crippen LogP contribution is -1.80. The van der Waals surface area contributed by atoms with Gasteiger partial charge in [0.05, 0.1) is 5.69 Å². The quantitative estimate of drug-likeness (QED) is 0.793. The van der Waals surface area contributed by atoms with Gasteiger partial charge in [-0.2, -0.15) is 0 Å². The summed E-state index contributed by atoms with van der Waals surface area (Å²) in [4.78, 5) is 4.36. The second kappa shape index (κ2) is 5.30. The zero-order valence-electron chi connectivity index (χ0n) is 9.80. The Labute approximate surface area is 101 Å². The maximum absolute atomic E-state index is 9.32. The Morgan fingerprint density at radius 2 is 1.88 bits per heavy atom. The SMILES string of the molecule is CCc1ccc(N=Cc2cccc(O)c2)cc1. The third-order valence-electron chi connectivity index (χ3n) is 2.58. The summed E-state index contributed by atoms with van der Waals surface area (Å²) in [6.45, 7) is 2.13. The van der Waals surface area contributed by atoms with Crippen molar-refractivity contribution in [1.29, 1.82) is 0 Å². The van der Waals surface area contributed by atoms with Gasteiger partial charge in [-0.1, -0.05) is 31.2 Å². The second-order valence-corrected chi connectivity index (χ2v) is 3.87. The molecule has 0 unspecified atom stereocenters. The molecular weight excluding hydrogens is 210 g/mol. The summed E-state index contributed by atoms with van der Waals surface area (Å²) in [7, 11) is 0. The van der Waals surface area contributed by atoms with E-state index >= 15 is 0 Å². The molecule has 0 amide bonds. The highest BCUT2D eigenvalue weighted by Crippen LogP contribution is 2.14. The number of aryl methyl sites for hydroxylation is 1. The zero-order valence-corrected chi connectivity index (χ0v) is 9.80. The first-order chi connectivity index (χ1) is 8.28. The third kappa shape index (κ3) is 3.18. The van der Waals surface area contributed by atoms with E-state index in [-0.39, 0.29) is 5.75 Å². The van der Waals surface area contributed by atoms with E-state index in [4.69, 9.17) is 0 Å². The number of aliphatic imine (C=N–C) groups is 1. The molecule has 0 aliphatic heterocycles. The van der Waals surface area contributed by atoms with Gasteiger partial charge >= 0.3 is 0 Å². The molecule has 2 aromatic rings. The lowest BCUT2D eigenvalue weighted by atomic mass is 10.1. The van der Waals surface area contributed by atoms with E-state index in [9.17, 15) is 5.11 Å². The average Bonchev–Trinajstić information content (AvgIpc) is 2.37. The average molecular weight is 225 g/mol. The molecule has 0 aliphatic carbocycles. The van der Waals surface area contributed by atoms with Crippen LogP contribution in [0.25, 0.3) is 0 Å². The Morgan fingerprint density at radius 3 is 2.53 bits per heavy atom. The Bertz CT molecular complexity index is 515. The predicted molar refractivity (Wildman–Crippen MR) is 71.2 cm³/mol. The first-order valence-electron chi connectivity index (χ1n) is 5.70. The van der Waals surface area contributed by atoms with Gasteiger partial charge in [0.1, 0.15) is 5.75 Å². The first-order valence-corrected chi connectivity index (χ1v) is 5.70. The minimum absolute atomic E-state index is 0.260. The predicted octanol–water partition coefficient (Wildman–Crippen LogP) is 3.71. The summed E-state index contributed by atoms with van der Waals surface area (Å²) < 4.78 is 0. The Balaban J connectivity index is 2.14. The summed E-state index contributed by atoms with van der Waals surface area (Å²) in [6.07, 6.45) is 2.79. The van der Waals surface area contributed by atoms with Gasteiger partial charge < -0.3 is 5.11 Å². The van der Waals surface area contributed by atoms with Crippen molar-refractivity contribution in [1.82, 2.24) is 0 Å². The van der Waals surface area contributed by atoms with E-state index in [1.165, 1.54) is 5.56 Å². The highest BCUT2D eigenvalue weighted by Gasteiger charge is 1.92. The fourth-order valence-electron chi connectivity index (χ4n) is 1.57. The van der Waals surface area contributed by atoms with Crippen LogP contribution in [0.2, 0.25) is 0 Å². The summed E-state index contributed by atoms with van der Waals surface area (Å²) in [5, 5.41) is 9.32. The summed E-state index contributed by atoms with van der Waals surface area (Å²) in [6, 6.07) is 15.2. The molecule has 1 N–H and O–H groups in total. The van der Waals surface area contributed by atoms with Gasteiger partial charge in [-0.05, 0) is 41.8 Å². The van der Waals surface area contributed by atoms with Gasteiger partial charge in [-0.3, -0.25) is 4.99 Å². The van der Waals surface area contributed by atoms with Crippen molar-refractivity contribution in [3.05, 3.63) is 59.7 Å². The Kier molecular flexibility index (Phi) is 3.55. The Morgan fingerprint density at radius 1 is 1.12 bits per heavy atom. The lowest BCUT2D eigenvalue weighted by molar-refractivity contribution is 0.475. The highest BCUT2D eigenvalue weighted by atomic mass is 16.3. The number of phenols is 1. The van der Waals surface area contributed by atoms with E-state index in [1.54, 1.807) is 24.4 Å². The second-order valence-electron chi connectivity index (χ2n) is 3.87. The number of rotatable bonds is 3. The fraction of sp³-hybridized carbons (Fsp3) is 0.133. The topological polar surface area (TPSA) is 32.6 Å². The fourth-order valence-corrected chi connectivity index (χ4v) is 1.57. The van der Waals surface area contributed by atoms with Gasteiger partial charge in [0.25, 0.3) is 0 Å². The van der Waals surface area contributed by atoms with Crippen LogP contribution in [0, 0.1) is 0 Å². The van der Waals surface area contributed by atoms with Crippen LogP contribution in [-0.2, 0) is 6.42 Å². The lowest BCUT2D eigenvalue weighted by Gasteiger charge is -1.97. The third-order valence-corrected chi connectivity index (χ3v) is 2.58. The molecular formula is C15H15NO. The van der Waals surface area contributed by atoms with Crippen molar-refractivity contribution in [2.45, 2.75) is 13.3 Å². The maximum atomic E-state index is 9.32. The van der Waals surface area contributed by atoms with Gasteiger partial charge in [0.15, 0.2) is 0 Å². The number of aromatic hydroxyl groups is 1. The van der Waals surface area contributed by atoms with Crippen LogP contribution in [0.3, 0.4) is 0 Å². The molecule has 0 atom stereocenters. The molecule has 0 saturated heterocycles. The monoisotopic (exact) mass is 225 g/mol. The van der Waals surface area contributed by atoms with E-state index in [0.29, 0.717) is 0 Å². The first kappa shape index (κ1) is 11.4. The van der Waals surface area contributed by atoms with E-state index < -0.39 is 0 Å². The molecule has 0 bridgehead atoms. The zero-order chi connectivity index (χ0) is 12.1. The molecule has 0 radical (unpaired) electrons. The van der Waals surface area contributed by atoms with Crippen molar-refractivity contribution in [3.8, 4) is 5.75 Å². The van der Waals surface area contributed by atoms with Crippen molar-refractivity contribution in [3.63, 3.8) is 0 Å². The minimum Gasteiger partial charge on any atom is -0.508 e. The smallest absolute Gasteiger partial charge is 0.116 e. The molecule has 0 spiro atoms. The molecule has 2 rings (SSSR count). The van der Waals surface area contributed by atoms with Gasteiger partial charge in [-0.25, -0.2) is 0 Å². The molecule has 17 heavy (non-hydrogen) atoms. The van der Waals surface area contributed by atoms with Crippen LogP contribution >= 0.6 is 0 Å². The number of benzene rings is 2. The van der Waals surface area contributed by atoms with Crippen LogP contribution in [-0.4, -0.2) is 11.3 Å². The normalized spacial score (nSPS) is 10.9. The van der Waals surface area contributed by atoms with Gasteiger partial charge in [0.2, 0.25) is 0 Å². The van der Waals surface area contributed by atoms with Crippen LogP contribution in [0.4, 0.5) is 5.69 Å². The number of nitrogens with zero attached hydrogens (tertiary/aromatic N) is 1. The molecule has 0 aromatic heterocycles. The van der Waals surface area contributed by atoms with Gasteiger partial charge in [-0.15, -0.1) is 0 Å². The maximum Gasteiger partial charge on any atom is 0.116 e. The number of phenolic OH excluding ortho intramolecular Hbond substituents is 1. The molecule has 2 heteroatoms. The summed E-state index contributed by atoms with van der Waals surface area (Å²) in [5.41, 5.74) is 3.12. The summed E-state index contributed by atoms with van der Waals surface area (Å²) >= 11 is 0. The van der Waals surface area contributed by atoms with Crippen LogP contribution < -0.4 is 0 Å². The molecule has 2 nitrogen and oxygen atoms in total. The molecule has 2 aromatic carbocycles. The van der Waals surface area contributed by atoms with Crippen LogP contribution in [0.15, 0.2) is 53.5 Å². The highest BCUT2D eigenvalue weighted by molar-refractivity contribution is 5.82. The van der Waals surface area contributed by atoms with Crippen molar-refractivity contribution >= 4 is 11.9 Å². The van der Waals surface area contributed by atoms with Crippen molar-refractivity contribution in [2.75, 3.05) is 0 Å². The Hall–Kier alpha value is -2.09. The van der Waals surface area contributed by atoms with E-state index in [2.05, 4.69) is 24.0 Å². The summed E-state index contributed by atoms with van der Waals surface area (Å²) in [5.74, 6) is 0.260. The number of hydrogen-bond donors (Lipinski definition) is 1. The molecule has 0 heterocycles. The minimum atomic E-state index is 0.260. The van der Waals surface area contributed by atoms with Crippen molar-refractivity contribution in [2.24, 2.45) is 4.99 Å².